The fraction of sp³-hybridized carbons (Fsp3) is 0.0645. The van der Waals surface area contributed by atoms with Crippen molar-refractivity contribution in [3.63, 3.8) is 0 Å². The summed E-state index contributed by atoms with van der Waals surface area (Å²) in [6, 6.07) is 28.0. The molecule has 1 aromatic heterocycles. The lowest BCUT2D eigenvalue weighted by molar-refractivity contribution is -0.143. The van der Waals surface area contributed by atoms with E-state index in [0.29, 0.717) is 0 Å². The molecule has 0 fully saturated rings. The van der Waals surface area contributed by atoms with Crippen molar-refractivity contribution in [1.29, 1.82) is 0 Å². The van der Waals surface area contributed by atoms with Gasteiger partial charge in [0.05, 0.1) is 21.3 Å². The molecule has 1 heterocycles. The fourth-order valence-corrected chi connectivity index (χ4v) is 5.49. The molecule has 0 aliphatic rings. The largest absolute Gasteiger partial charge is 0.416 e. The molecule has 0 N–H and O–H groups in total. The predicted octanol–water partition coefficient (Wildman–Crippen LogP) is 10.5. The van der Waals surface area contributed by atoms with Crippen LogP contribution in [0.25, 0.3) is 53.8 Å². The van der Waals surface area contributed by atoms with Crippen LogP contribution in [0.4, 0.5) is 26.3 Å². The predicted molar refractivity (Wildman–Crippen MR) is 143 cm³/mol. The van der Waals surface area contributed by atoms with E-state index in [1.165, 1.54) is 12.1 Å². The van der Waals surface area contributed by atoms with E-state index < -0.39 is 23.5 Å². The van der Waals surface area contributed by atoms with Crippen molar-refractivity contribution in [1.82, 2.24) is 4.98 Å². The third kappa shape index (κ3) is 5.00. The van der Waals surface area contributed by atoms with Crippen LogP contribution in [0.5, 0.6) is 0 Å². The molecule has 0 saturated heterocycles. The van der Waals surface area contributed by atoms with E-state index in [2.05, 4.69) is 6.07 Å². The molecule has 0 bridgehead atoms. The lowest BCUT2D eigenvalue weighted by Gasteiger charge is -2.14. The van der Waals surface area contributed by atoms with Crippen LogP contribution in [-0.4, -0.2) is 4.98 Å². The Hall–Kier alpha value is -4.17. The van der Waals surface area contributed by atoms with Crippen LogP contribution in [0.3, 0.4) is 0 Å². The van der Waals surface area contributed by atoms with E-state index in [1.54, 1.807) is 23.5 Å². The Morgan fingerprint density at radius 3 is 1.59 bits per heavy atom. The van der Waals surface area contributed by atoms with Gasteiger partial charge < -0.3 is 0 Å². The summed E-state index contributed by atoms with van der Waals surface area (Å²) >= 11 is 1.63. The van der Waals surface area contributed by atoms with Gasteiger partial charge in [-0.25, -0.2) is 4.98 Å². The highest BCUT2D eigenvalue weighted by Gasteiger charge is 2.37. The number of fused-ring (bicyclic) bond motifs is 2. The number of nitrogens with zero attached hydrogens (tertiary/aromatic N) is 1. The van der Waals surface area contributed by atoms with Crippen LogP contribution in [0, 0.1) is 0 Å². The van der Waals surface area contributed by atoms with E-state index in [0.717, 1.165) is 54.8 Å². The number of rotatable bonds is 3. The second-order valence-electron chi connectivity index (χ2n) is 9.14. The molecule has 0 spiro atoms. The zero-order chi connectivity index (χ0) is 27.4. The van der Waals surface area contributed by atoms with Gasteiger partial charge in [0, 0.05) is 5.56 Å². The molecular weight excluding hydrogens is 532 g/mol. The average molecular weight is 550 g/mol. The third-order valence-corrected chi connectivity index (χ3v) is 7.61. The monoisotopic (exact) mass is 549 g/mol. The SMILES string of the molecule is FC(F)(F)c1cc(-c2ccc(-c3ccc4cc(-c5nc6ccccc6s5)ccc4c3)cc2)cc(C(F)(F)F)c1. The molecule has 39 heavy (non-hydrogen) atoms. The van der Waals surface area contributed by atoms with Crippen molar-refractivity contribution in [2.24, 2.45) is 0 Å². The van der Waals surface area contributed by atoms with E-state index in [4.69, 9.17) is 4.98 Å². The van der Waals surface area contributed by atoms with Crippen LogP contribution in [0.2, 0.25) is 0 Å². The molecule has 0 unspecified atom stereocenters. The van der Waals surface area contributed by atoms with Crippen molar-refractivity contribution >= 4 is 32.3 Å². The van der Waals surface area contributed by atoms with Crippen molar-refractivity contribution in [3.05, 3.63) is 114 Å². The van der Waals surface area contributed by atoms with Crippen LogP contribution in [0.1, 0.15) is 11.1 Å². The summed E-state index contributed by atoms with van der Waals surface area (Å²) in [5.41, 5.74) is 1.07. The smallest absolute Gasteiger partial charge is 0.236 e. The summed E-state index contributed by atoms with van der Waals surface area (Å²) in [4.78, 5) is 4.72. The highest BCUT2D eigenvalue weighted by Crippen LogP contribution is 2.39. The van der Waals surface area contributed by atoms with Gasteiger partial charge in [0.15, 0.2) is 0 Å². The quantitative estimate of drug-likeness (QED) is 0.200. The number of hydrogen-bond donors (Lipinski definition) is 0. The Labute approximate surface area is 223 Å². The number of alkyl halides is 6. The van der Waals surface area contributed by atoms with Gasteiger partial charge in [-0.05, 0) is 75.5 Å². The molecule has 1 nitrogen and oxygen atoms in total. The summed E-state index contributed by atoms with van der Waals surface area (Å²) in [7, 11) is 0. The minimum atomic E-state index is -4.89. The number of para-hydroxylation sites is 1. The molecular formula is C31H17F6NS. The Balaban J connectivity index is 1.31. The molecule has 0 aliphatic carbocycles. The maximum atomic E-state index is 13.3. The zero-order valence-corrected chi connectivity index (χ0v) is 20.8. The van der Waals surface area contributed by atoms with Gasteiger partial charge in [-0.1, -0.05) is 60.7 Å². The Bertz CT molecular complexity index is 1770. The Kier molecular flexibility index (Phi) is 5.95. The van der Waals surface area contributed by atoms with Gasteiger partial charge in [-0.2, -0.15) is 26.3 Å². The average Bonchev–Trinajstić information content (AvgIpc) is 3.36. The fourth-order valence-electron chi connectivity index (χ4n) is 4.53. The molecule has 0 saturated carbocycles. The maximum Gasteiger partial charge on any atom is 0.416 e. The number of halogens is 6. The highest BCUT2D eigenvalue weighted by atomic mass is 32.1. The molecule has 0 radical (unpaired) electrons. The number of thiazole rings is 1. The first kappa shape index (κ1) is 25.1. The van der Waals surface area contributed by atoms with Gasteiger partial charge in [0.1, 0.15) is 5.01 Å². The first-order chi connectivity index (χ1) is 18.5. The molecule has 0 atom stereocenters. The highest BCUT2D eigenvalue weighted by molar-refractivity contribution is 7.21. The lowest BCUT2D eigenvalue weighted by Crippen LogP contribution is -2.11. The van der Waals surface area contributed by atoms with Gasteiger partial charge in [0.2, 0.25) is 0 Å². The van der Waals surface area contributed by atoms with E-state index >= 15 is 0 Å². The summed E-state index contributed by atoms with van der Waals surface area (Å²) in [6.45, 7) is 0. The van der Waals surface area contributed by atoms with Gasteiger partial charge in [0.25, 0.3) is 0 Å². The third-order valence-electron chi connectivity index (χ3n) is 6.52. The minimum absolute atomic E-state index is 0.134. The van der Waals surface area contributed by atoms with Crippen molar-refractivity contribution in [3.8, 4) is 32.8 Å². The normalized spacial score (nSPS) is 12.4. The van der Waals surface area contributed by atoms with Gasteiger partial charge in [-0.3, -0.25) is 0 Å². The summed E-state index contributed by atoms with van der Waals surface area (Å²) in [6.07, 6.45) is -9.79. The van der Waals surface area contributed by atoms with Crippen molar-refractivity contribution in [2.45, 2.75) is 12.4 Å². The van der Waals surface area contributed by atoms with Gasteiger partial charge in [-0.15, -0.1) is 11.3 Å². The minimum Gasteiger partial charge on any atom is -0.236 e. The Morgan fingerprint density at radius 1 is 0.487 bits per heavy atom. The second kappa shape index (κ2) is 9.24. The molecule has 0 amide bonds. The van der Waals surface area contributed by atoms with Crippen LogP contribution >= 0.6 is 11.3 Å². The first-order valence-electron chi connectivity index (χ1n) is 11.8. The topological polar surface area (TPSA) is 12.9 Å². The molecule has 5 aromatic carbocycles. The van der Waals surface area contributed by atoms with Crippen molar-refractivity contribution in [2.75, 3.05) is 0 Å². The number of hydrogen-bond acceptors (Lipinski definition) is 2. The van der Waals surface area contributed by atoms with E-state index in [-0.39, 0.29) is 17.2 Å². The molecule has 0 aliphatic heterocycles. The first-order valence-corrected chi connectivity index (χ1v) is 12.7. The van der Waals surface area contributed by atoms with Crippen LogP contribution in [0.15, 0.2) is 103 Å². The Morgan fingerprint density at radius 2 is 1.00 bits per heavy atom. The van der Waals surface area contributed by atoms with Crippen molar-refractivity contribution < 1.29 is 26.3 Å². The summed E-state index contributed by atoms with van der Waals surface area (Å²) < 4.78 is 80.7. The lowest BCUT2D eigenvalue weighted by atomic mass is 9.96. The molecule has 6 rings (SSSR count). The zero-order valence-electron chi connectivity index (χ0n) is 19.9. The standard InChI is InChI=1S/C31H17F6NS/c32-30(33,34)25-15-24(16-26(17-25)31(35,36)37)19-7-5-18(6-8-19)20-9-10-22-14-23(12-11-21(22)13-20)29-38-27-3-1-2-4-28(27)39-29/h1-17H. The van der Waals surface area contributed by atoms with Crippen LogP contribution in [-0.2, 0) is 12.4 Å². The van der Waals surface area contributed by atoms with Gasteiger partial charge >= 0.3 is 12.4 Å². The van der Waals surface area contributed by atoms with Crippen LogP contribution < -0.4 is 0 Å². The summed E-state index contributed by atoms with van der Waals surface area (Å²) in [5.74, 6) is 0. The molecule has 6 aromatic rings. The molecule has 8 heteroatoms. The maximum absolute atomic E-state index is 13.3. The molecule has 194 valence electrons. The number of aromatic nitrogens is 1. The number of benzene rings is 5. The second-order valence-corrected chi connectivity index (χ2v) is 10.2. The van der Waals surface area contributed by atoms with E-state index in [9.17, 15) is 26.3 Å². The summed E-state index contributed by atoms with van der Waals surface area (Å²) in [5, 5.41) is 2.95. The van der Waals surface area contributed by atoms with E-state index in [1.807, 2.05) is 54.6 Å².